The van der Waals surface area contributed by atoms with Crippen LogP contribution in [0.4, 0.5) is 0 Å². The molecule has 1 aliphatic rings. The van der Waals surface area contributed by atoms with E-state index in [0.717, 1.165) is 25.9 Å². The molecule has 4 nitrogen and oxygen atoms in total. The second kappa shape index (κ2) is 6.69. The SMILES string of the molecule is NNC(Cc1ccncc1)CC1CCCCO1. The van der Waals surface area contributed by atoms with Gasteiger partial charge in [0.05, 0.1) is 6.10 Å². The van der Waals surface area contributed by atoms with Gasteiger partial charge in [0.2, 0.25) is 0 Å². The van der Waals surface area contributed by atoms with Crippen LogP contribution < -0.4 is 11.3 Å². The molecule has 17 heavy (non-hydrogen) atoms. The van der Waals surface area contributed by atoms with Crippen LogP contribution in [0.1, 0.15) is 31.2 Å². The summed E-state index contributed by atoms with van der Waals surface area (Å²) in [6.45, 7) is 0.900. The Morgan fingerprint density at radius 1 is 1.41 bits per heavy atom. The van der Waals surface area contributed by atoms with Crippen LogP contribution >= 0.6 is 0 Å². The van der Waals surface area contributed by atoms with Crippen molar-refractivity contribution in [3.8, 4) is 0 Å². The minimum atomic E-state index is 0.278. The Kier molecular flexibility index (Phi) is 4.91. The number of nitrogens with two attached hydrogens (primary N) is 1. The lowest BCUT2D eigenvalue weighted by molar-refractivity contribution is 0.00524. The Morgan fingerprint density at radius 3 is 2.88 bits per heavy atom. The zero-order valence-corrected chi connectivity index (χ0v) is 10.1. The number of hydrazine groups is 1. The van der Waals surface area contributed by atoms with Crippen molar-refractivity contribution in [3.63, 3.8) is 0 Å². The van der Waals surface area contributed by atoms with Crippen molar-refractivity contribution in [1.82, 2.24) is 10.4 Å². The van der Waals surface area contributed by atoms with Gasteiger partial charge in [-0.15, -0.1) is 0 Å². The normalized spacial score (nSPS) is 22.3. The summed E-state index contributed by atoms with van der Waals surface area (Å²) >= 11 is 0. The molecule has 0 spiro atoms. The molecule has 0 radical (unpaired) electrons. The van der Waals surface area contributed by atoms with Gasteiger partial charge in [-0.25, -0.2) is 0 Å². The fraction of sp³-hybridized carbons (Fsp3) is 0.615. The lowest BCUT2D eigenvalue weighted by atomic mass is 9.98. The van der Waals surface area contributed by atoms with Crippen LogP contribution in [0.2, 0.25) is 0 Å². The number of ether oxygens (including phenoxy) is 1. The van der Waals surface area contributed by atoms with E-state index in [1.54, 1.807) is 0 Å². The van der Waals surface area contributed by atoms with Crippen molar-refractivity contribution < 1.29 is 4.74 Å². The summed E-state index contributed by atoms with van der Waals surface area (Å²) in [5.41, 5.74) is 4.16. The Bertz CT molecular complexity index is 312. The van der Waals surface area contributed by atoms with E-state index in [1.807, 2.05) is 24.5 Å². The molecule has 0 bridgehead atoms. The zero-order valence-electron chi connectivity index (χ0n) is 10.1. The average molecular weight is 235 g/mol. The van der Waals surface area contributed by atoms with Crippen LogP contribution in [0, 0.1) is 0 Å². The van der Waals surface area contributed by atoms with Gasteiger partial charge in [-0.1, -0.05) is 0 Å². The van der Waals surface area contributed by atoms with Crippen LogP contribution in [-0.2, 0) is 11.2 Å². The smallest absolute Gasteiger partial charge is 0.0590 e. The van der Waals surface area contributed by atoms with E-state index in [9.17, 15) is 0 Å². The van der Waals surface area contributed by atoms with Crippen molar-refractivity contribution in [2.45, 2.75) is 44.2 Å². The second-order valence-corrected chi connectivity index (χ2v) is 4.65. The highest BCUT2D eigenvalue weighted by atomic mass is 16.5. The monoisotopic (exact) mass is 235 g/mol. The molecule has 0 aromatic carbocycles. The van der Waals surface area contributed by atoms with E-state index in [0.29, 0.717) is 6.10 Å². The number of hydrogen-bond donors (Lipinski definition) is 2. The molecule has 1 aromatic rings. The highest BCUT2D eigenvalue weighted by Crippen LogP contribution is 2.18. The minimum absolute atomic E-state index is 0.278. The highest BCUT2D eigenvalue weighted by molar-refractivity contribution is 5.11. The van der Waals surface area contributed by atoms with Crippen molar-refractivity contribution in [2.24, 2.45) is 5.84 Å². The van der Waals surface area contributed by atoms with E-state index in [-0.39, 0.29) is 6.04 Å². The Balaban J connectivity index is 1.83. The quantitative estimate of drug-likeness (QED) is 0.598. The number of hydrogen-bond acceptors (Lipinski definition) is 4. The van der Waals surface area contributed by atoms with Crippen LogP contribution in [0.15, 0.2) is 24.5 Å². The predicted molar refractivity (Wildman–Crippen MR) is 67.3 cm³/mol. The van der Waals surface area contributed by atoms with Crippen molar-refractivity contribution in [1.29, 1.82) is 0 Å². The molecular weight excluding hydrogens is 214 g/mol. The van der Waals surface area contributed by atoms with Gasteiger partial charge >= 0.3 is 0 Å². The van der Waals surface area contributed by atoms with E-state index < -0.39 is 0 Å². The van der Waals surface area contributed by atoms with Gasteiger partial charge < -0.3 is 4.74 Å². The van der Waals surface area contributed by atoms with Gasteiger partial charge in [0.25, 0.3) is 0 Å². The third kappa shape index (κ3) is 4.07. The van der Waals surface area contributed by atoms with E-state index >= 15 is 0 Å². The highest BCUT2D eigenvalue weighted by Gasteiger charge is 2.18. The van der Waals surface area contributed by atoms with Crippen LogP contribution in [-0.4, -0.2) is 23.7 Å². The summed E-state index contributed by atoms with van der Waals surface area (Å²) in [4.78, 5) is 4.02. The molecule has 3 N–H and O–H groups in total. The lowest BCUT2D eigenvalue weighted by Gasteiger charge is -2.26. The average Bonchev–Trinajstić information content (AvgIpc) is 2.40. The molecule has 4 heteroatoms. The standard InChI is InChI=1S/C13H21N3O/c14-16-12(9-11-4-6-15-7-5-11)10-13-3-1-2-8-17-13/h4-7,12-13,16H,1-3,8-10,14H2. The molecular formula is C13H21N3O. The van der Waals surface area contributed by atoms with Gasteiger partial charge in [-0.3, -0.25) is 16.3 Å². The van der Waals surface area contributed by atoms with Gasteiger partial charge in [0.15, 0.2) is 0 Å². The van der Waals surface area contributed by atoms with Gasteiger partial charge in [0, 0.05) is 25.0 Å². The molecule has 2 unspecified atom stereocenters. The molecule has 0 amide bonds. The number of nitrogens with zero attached hydrogens (tertiary/aromatic N) is 1. The Morgan fingerprint density at radius 2 is 2.24 bits per heavy atom. The summed E-state index contributed by atoms with van der Waals surface area (Å²) in [6.07, 6.45) is 9.55. The van der Waals surface area contributed by atoms with Crippen molar-refractivity contribution in [3.05, 3.63) is 30.1 Å². The summed E-state index contributed by atoms with van der Waals surface area (Å²) in [6, 6.07) is 4.35. The molecule has 0 saturated carbocycles. The molecule has 2 rings (SSSR count). The first-order chi connectivity index (χ1) is 8.38. The van der Waals surface area contributed by atoms with E-state index in [4.69, 9.17) is 10.6 Å². The maximum atomic E-state index is 5.74. The molecule has 1 fully saturated rings. The first kappa shape index (κ1) is 12.5. The summed E-state index contributed by atoms with van der Waals surface area (Å²) < 4.78 is 5.74. The summed E-state index contributed by atoms with van der Waals surface area (Å²) in [5.74, 6) is 5.62. The third-order valence-electron chi connectivity index (χ3n) is 3.29. The molecule has 1 aromatic heterocycles. The fourth-order valence-corrected chi connectivity index (χ4v) is 2.32. The van der Waals surface area contributed by atoms with Gasteiger partial charge in [-0.2, -0.15) is 0 Å². The van der Waals surface area contributed by atoms with Crippen molar-refractivity contribution in [2.75, 3.05) is 6.61 Å². The van der Waals surface area contributed by atoms with Crippen LogP contribution in [0.3, 0.4) is 0 Å². The summed E-state index contributed by atoms with van der Waals surface area (Å²) in [5, 5.41) is 0. The Hall–Kier alpha value is -0.970. The first-order valence-corrected chi connectivity index (χ1v) is 6.35. The number of aromatic nitrogens is 1. The van der Waals surface area contributed by atoms with Gasteiger partial charge in [0.1, 0.15) is 0 Å². The largest absolute Gasteiger partial charge is 0.378 e. The maximum absolute atomic E-state index is 5.74. The number of pyridine rings is 1. The van der Waals surface area contributed by atoms with Crippen LogP contribution in [0.25, 0.3) is 0 Å². The molecule has 1 aliphatic heterocycles. The fourth-order valence-electron chi connectivity index (χ4n) is 2.32. The predicted octanol–water partition coefficient (Wildman–Crippen LogP) is 1.42. The van der Waals surface area contributed by atoms with E-state index in [2.05, 4.69) is 10.4 Å². The molecule has 2 heterocycles. The maximum Gasteiger partial charge on any atom is 0.0590 e. The van der Waals surface area contributed by atoms with Gasteiger partial charge in [-0.05, 0) is 49.8 Å². The first-order valence-electron chi connectivity index (χ1n) is 6.35. The zero-order chi connectivity index (χ0) is 11.9. The Labute approximate surface area is 103 Å². The third-order valence-corrected chi connectivity index (χ3v) is 3.29. The lowest BCUT2D eigenvalue weighted by Crippen LogP contribution is -2.40. The minimum Gasteiger partial charge on any atom is -0.378 e. The number of rotatable bonds is 5. The van der Waals surface area contributed by atoms with E-state index in [1.165, 1.54) is 18.4 Å². The molecule has 0 aliphatic carbocycles. The molecule has 1 saturated heterocycles. The molecule has 94 valence electrons. The van der Waals surface area contributed by atoms with Crippen LogP contribution in [0.5, 0.6) is 0 Å². The van der Waals surface area contributed by atoms with Crippen molar-refractivity contribution >= 4 is 0 Å². The number of nitrogens with one attached hydrogen (secondary N) is 1. The summed E-state index contributed by atoms with van der Waals surface area (Å²) in [7, 11) is 0. The molecule has 2 atom stereocenters. The second-order valence-electron chi connectivity index (χ2n) is 4.65. The topological polar surface area (TPSA) is 60.2 Å².